The predicted octanol–water partition coefficient (Wildman–Crippen LogP) is 1.64. The third-order valence-corrected chi connectivity index (χ3v) is 4.03. The van der Waals surface area contributed by atoms with E-state index in [-0.39, 0.29) is 24.7 Å². The topological polar surface area (TPSA) is 52.5 Å². The van der Waals surface area contributed by atoms with Crippen molar-refractivity contribution in [3.8, 4) is 0 Å². The van der Waals surface area contributed by atoms with E-state index in [4.69, 9.17) is 0 Å². The van der Waals surface area contributed by atoms with Crippen molar-refractivity contribution < 1.29 is 10.2 Å². The van der Waals surface area contributed by atoms with Gasteiger partial charge in [-0.2, -0.15) is 0 Å². The van der Waals surface area contributed by atoms with Crippen LogP contribution in [0.3, 0.4) is 0 Å². The lowest BCUT2D eigenvalue weighted by Gasteiger charge is -2.22. The third kappa shape index (κ3) is 2.50. The second-order valence-electron chi connectivity index (χ2n) is 5.30. The molecule has 2 aromatic carbocycles. The molecule has 0 radical (unpaired) electrons. The normalized spacial score (nSPS) is 24.7. The molecule has 100 valence electrons. The van der Waals surface area contributed by atoms with E-state index < -0.39 is 0 Å². The summed E-state index contributed by atoms with van der Waals surface area (Å²) >= 11 is 0. The van der Waals surface area contributed by atoms with Gasteiger partial charge in [0, 0.05) is 18.5 Å². The smallest absolute Gasteiger partial charge is 0.0679 e. The molecule has 1 heterocycles. The van der Waals surface area contributed by atoms with Crippen molar-refractivity contribution in [1.29, 1.82) is 0 Å². The monoisotopic (exact) mass is 257 g/mol. The maximum Gasteiger partial charge on any atom is 0.0679 e. The van der Waals surface area contributed by atoms with Crippen LogP contribution in [0.25, 0.3) is 10.8 Å². The number of hydrogen-bond donors (Lipinski definition) is 3. The van der Waals surface area contributed by atoms with Crippen molar-refractivity contribution in [2.75, 3.05) is 13.2 Å². The molecule has 0 unspecified atom stereocenters. The Kier molecular flexibility index (Phi) is 3.51. The zero-order valence-corrected chi connectivity index (χ0v) is 10.8. The molecule has 19 heavy (non-hydrogen) atoms. The van der Waals surface area contributed by atoms with Crippen LogP contribution in [-0.4, -0.2) is 35.5 Å². The average molecular weight is 257 g/mol. The van der Waals surface area contributed by atoms with Crippen LogP contribution in [0.15, 0.2) is 42.5 Å². The van der Waals surface area contributed by atoms with Crippen LogP contribution in [-0.2, 0) is 0 Å². The average Bonchev–Trinajstić information content (AvgIpc) is 2.86. The van der Waals surface area contributed by atoms with Crippen LogP contribution in [0.4, 0.5) is 0 Å². The van der Waals surface area contributed by atoms with Gasteiger partial charge < -0.3 is 15.5 Å². The number of β-amino-alcohol motifs (C(OH)–C–C–N with tert-alkyl or cyclic N) is 1. The SMILES string of the molecule is OC[C@H](c1ccc2ccccc2c1)[C@@H]1C[C@@H](O)CN1. The van der Waals surface area contributed by atoms with Crippen molar-refractivity contribution in [2.45, 2.75) is 24.5 Å². The van der Waals surface area contributed by atoms with Crippen LogP contribution < -0.4 is 5.32 Å². The minimum atomic E-state index is -0.292. The summed E-state index contributed by atoms with van der Waals surface area (Å²) < 4.78 is 0. The number of rotatable bonds is 3. The number of aliphatic hydroxyl groups is 2. The quantitative estimate of drug-likeness (QED) is 0.783. The second-order valence-corrected chi connectivity index (χ2v) is 5.30. The van der Waals surface area contributed by atoms with Gasteiger partial charge in [0.2, 0.25) is 0 Å². The molecule has 3 N–H and O–H groups in total. The Balaban J connectivity index is 1.92. The Labute approximate surface area is 112 Å². The van der Waals surface area contributed by atoms with Crippen LogP contribution in [0.1, 0.15) is 17.9 Å². The molecule has 1 fully saturated rings. The highest BCUT2D eigenvalue weighted by molar-refractivity contribution is 5.83. The highest BCUT2D eigenvalue weighted by Gasteiger charge is 2.29. The lowest BCUT2D eigenvalue weighted by molar-refractivity contribution is 0.186. The molecule has 3 rings (SSSR count). The Bertz CT molecular complexity index is 569. The minimum absolute atomic E-state index is 0.0433. The zero-order chi connectivity index (χ0) is 13.2. The fourth-order valence-electron chi connectivity index (χ4n) is 2.96. The van der Waals surface area contributed by atoms with E-state index in [1.165, 1.54) is 10.8 Å². The van der Waals surface area contributed by atoms with Crippen LogP contribution in [0.2, 0.25) is 0 Å². The maximum atomic E-state index is 9.68. The number of hydrogen-bond acceptors (Lipinski definition) is 3. The Hall–Kier alpha value is -1.42. The van der Waals surface area contributed by atoms with Gasteiger partial charge in [-0.05, 0) is 22.8 Å². The van der Waals surface area contributed by atoms with E-state index in [1.54, 1.807) is 0 Å². The van der Waals surface area contributed by atoms with Gasteiger partial charge in [-0.1, -0.05) is 42.5 Å². The largest absolute Gasteiger partial charge is 0.396 e. The van der Waals surface area contributed by atoms with Gasteiger partial charge in [0.15, 0.2) is 0 Å². The molecule has 0 amide bonds. The molecule has 3 nitrogen and oxygen atoms in total. The van der Waals surface area contributed by atoms with Gasteiger partial charge in [-0.3, -0.25) is 0 Å². The van der Waals surface area contributed by atoms with Crippen LogP contribution in [0, 0.1) is 0 Å². The van der Waals surface area contributed by atoms with Gasteiger partial charge in [-0.25, -0.2) is 0 Å². The molecule has 0 aliphatic carbocycles. The van der Waals surface area contributed by atoms with Crippen molar-refractivity contribution in [3.05, 3.63) is 48.0 Å². The first-order valence-corrected chi connectivity index (χ1v) is 6.79. The van der Waals surface area contributed by atoms with Crippen LogP contribution >= 0.6 is 0 Å². The second kappa shape index (κ2) is 5.29. The zero-order valence-electron chi connectivity index (χ0n) is 10.8. The van der Waals surface area contributed by atoms with Gasteiger partial charge in [0.1, 0.15) is 0 Å². The first-order valence-electron chi connectivity index (χ1n) is 6.79. The van der Waals surface area contributed by atoms with Crippen LogP contribution in [0.5, 0.6) is 0 Å². The summed E-state index contributed by atoms with van der Waals surface area (Å²) in [6.45, 7) is 0.720. The van der Waals surface area contributed by atoms with Crippen molar-refractivity contribution in [1.82, 2.24) is 5.32 Å². The lowest BCUT2D eigenvalue weighted by Crippen LogP contribution is -2.31. The lowest BCUT2D eigenvalue weighted by atomic mass is 9.89. The molecular weight excluding hydrogens is 238 g/mol. The molecule has 2 aromatic rings. The number of nitrogens with one attached hydrogen (secondary N) is 1. The Morgan fingerprint density at radius 3 is 2.63 bits per heavy atom. The fourth-order valence-corrected chi connectivity index (χ4v) is 2.96. The highest BCUT2D eigenvalue weighted by Crippen LogP contribution is 2.27. The molecule has 3 heteroatoms. The van der Waals surface area contributed by atoms with Gasteiger partial charge >= 0.3 is 0 Å². The summed E-state index contributed by atoms with van der Waals surface area (Å²) in [5.41, 5.74) is 1.13. The van der Waals surface area contributed by atoms with Crippen molar-refractivity contribution in [2.24, 2.45) is 0 Å². The Morgan fingerprint density at radius 1 is 1.16 bits per heavy atom. The first-order chi connectivity index (χ1) is 9.28. The highest BCUT2D eigenvalue weighted by atomic mass is 16.3. The van der Waals surface area contributed by atoms with Gasteiger partial charge in [0.25, 0.3) is 0 Å². The predicted molar refractivity (Wildman–Crippen MR) is 76.2 cm³/mol. The maximum absolute atomic E-state index is 9.68. The summed E-state index contributed by atoms with van der Waals surface area (Å²) in [5, 5.41) is 25.0. The van der Waals surface area contributed by atoms with E-state index >= 15 is 0 Å². The van der Waals surface area contributed by atoms with E-state index in [1.807, 2.05) is 12.1 Å². The minimum Gasteiger partial charge on any atom is -0.396 e. The summed E-state index contributed by atoms with van der Waals surface area (Å²) in [6, 6.07) is 14.7. The van der Waals surface area contributed by atoms with Crippen molar-refractivity contribution >= 4 is 10.8 Å². The molecule has 3 atom stereocenters. The molecule has 0 saturated carbocycles. The van der Waals surface area contributed by atoms with Crippen molar-refractivity contribution in [3.63, 3.8) is 0 Å². The Morgan fingerprint density at radius 2 is 1.95 bits per heavy atom. The van der Waals surface area contributed by atoms with E-state index in [0.717, 1.165) is 5.56 Å². The number of aliphatic hydroxyl groups excluding tert-OH is 2. The summed E-state index contributed by atoms with van der Waals surface area (Å²) in [5.74, 6) is 0.0433. The number of fused-ring (bicyclic) bond motifs is 1. The molecule has 0 bridgehead atoms. The molecule has 0 spiro atoms. The summed E-state index contributed by atoms with van der Waals surface area (Å²) in [4.78, 5) is 0. The summed E-state index contributed by atoms with van der Waals surface area (Å²) in [6.07, 6.45) is 0.414. The molecule has 0 aromatic heterocycles. The molecule has 1 aliphatic rings. The third-order valence-electron chi connectivity index (χ3n) is 4.03. The van der Waals surface area contributed by atoms with Gasteiger partial charge in [-0.15, -0.1) is 0 Å². The number of benzene rings is 2. The molecular formula is C16H19NO2. The molecule has 1 saturated heterocycles. The standard InChI is InChI=1S/C16H19NO2/c18-10-15(16-8-14(19)9-17-16)13-6-5-11-3-1-2-4-12(11)7-13/h1-7,14-19H,8-10H2/t14-,15-,16+/m1/s1. The first kappa shape index (κ1) is 12.6. The van der Waals surface area contributed by atoms with E-state index in [0.29, 0.717) is 13.0 Å². The fraction of sp³-hybridized carbons (Fsp3) is 0.375. The van der Waals surface area contributed by atoms with E-state index in [9.17, 15) is 10.2 Å². The van der Waals surface area contributed by atoms with Gasteiger partial charge in [0.05, 0.1) is 12.7 Å². The van der Waals surface area contributed by atoms with E-state index in [2.05, 4.69) is 35.6 Å². The summed E-state index contributed by atoms with van der Waals surface area (Å²) in [7, 11) is 0. The molecule has 1 aliphatic heterocycles.